The van der Waals surface area contributed by atoms with Crippen LogP contribution in [0.3, 0.4) is 0 Å². The first kappa shape index (κ1) is 78.0. The summed E-state index contributed by atoms with van der Waals surface area (Å²) in [6.07, 6.45) is 1.16. The Labute approximate surface area is 529 Å². The van der Waals surface area contributed by atoms with Gasteiger partial charge in [-0.25, -0.2) is 24.0 Å². The maximum atomic E-state index is 13.3. The molecule has 502 valence electrons. The van der Waals surface area contributed by atoms with Crippen molar-refractivity contribution in [3.05, 3.63) is 60.8 Å². The molecule has 10 atom stereocenters. The van der Waals surface area contributed by atoms with Crippen LogP contribution in [-0.4, -0.2) is 172 Å². The molecule has 37 heteroatoms. The molecule has 4 rings (SSSR count). The molecule has 4 aliphatic rings. The highest BCUT2D eigenvalue weighted by molar-refractivity contribution is 7.00. The van der Waals surface area contributed by atoms with Crippen LogP contribution in [0.25, 0.3) is 0 Å². The standard InChI is InChI=1S/C51H96O27Si10/c1-17-32-79(57)66-80(58,37-22-27-61-47(52)42(6)7)69-83(34-19-3)72-86(68-79,39-24-29-63-49(54)44(10)11)76-85(36-21-5)77-87(40-25-30-64-50(55)45(12)13)71-82(60-16,33-18-2)67-81(59,38-23-28-62-48(53)43(8)9)70-84(73-87,35-20-4)75-88(74-83,78-85)41-26-31-65-51(56)46(14)15/h57-59H,6,8,10,12,14,17-41H2,1-5,7,9,11,13,15-16H3. The normalized spacial score (nSPS) is 32.1. The van der Waals surface area contributed by atoms with E-state index in [4.69, 9.17) is 81.6 Å². The van der Waals surface area contributed by atoms with Gasteiger partial charge in [-0.2, -0.15) is 0 Å². The third-order valence-corrected chi connectivity index (χ3v) is 56.8. The van der Waals surface area contributed by atoms with E-state index in [0.29, 0.717) is 6.42 Å². The van der Waals surface area contributed by atoms with Crippen LogP contribution in [0.5, 0.6) is 0 Å². The van der Waals surface area contributed by atoms with Crippen molar-refractivity contribution in [1.29, 1.82) is 0 Å². The Kier molecular flexibility index (Phi) is 30.2. The molecule has 27 nitrogen and oxygen atoms in total. The van der Waals surface area contributed by atoms with Gasteiger partial charge >= 0.3 is 118 Å². The second kappa shape index (κ2) is 34.1. The first-order chi connectivity index (χ1) is 41.2. The first-order valence-electron chi connectivity index (χ1n) is 30.2. The number of fused-ring (bicyclic) bond motifs is 6. The van der Waals surface area contributed by atoms with Gasteiger partial charge < -0.3 is 96.0 Å². The summed E-state index contributed by atoms with van der Waals surface area (Å²) in [5.41, 5.74) is 0.692. The molecular formula is C51H96O27Si10. The number of ether oxygens (including phenoxy) is 5. The fourth-order valence-electron chi connectivity index (χ4n) is 9.53. The third-order valence-electron chi connectivity index (χ3n) is 13.2. The molecule has 3 N–H and O–H groups in total. The topological polar surface area (TPSA) is 321 Å². The third kappa shape index (κ3) is 22.6. The molecule has 4 aliphatic heterocycles. The number of hydrogen-bond donors (Lipinski definition) is 3. The summed E-state index contributed by atoms with van der Waals surface area (Å²) in [6, 6.07) is -1.77. The van der Waals surface area contributed by atoms with Gasteiger partial charge in [0.15, 0.2) is 0 Å². The van der Waals surface area contributed by atoms with Crippen molar-refractivity contribution in [2.24, 2.45) is 0 Å². The Morgan fingerprint density at radius 1 is 0.307 bits per heavy atom. The number of carbonyl (C=O) groups excluding carboxylic acids is 5. The van der Waals surface area contributed by atoms with Gasteiger partial charge in [-0.15, -0.1) is 0 Å². The SMILES string of the molecule is C=C(C)C(=O)OCCC[Si]1(O)O[Si](O)(CCC)O[Si]2(CCCOC(=O)C(=C)C)O[Si](CCC)(O1)O[Si]1(CCCOC(=O)C(=C)C)O[Si]3(CCC)O[Si](O)(CCCOC(=O)C(=C)C)O[Si](CCC)(OC)O[Si](CCCOC(=O)C(=C)C)(O3)O[Si](CCC)(O2)O1. The summed E-state index contributed by atoms with van der Waals surface area (Å²) in [7, 11) is -47.3. The Morgan fingerprint density at radius 3 is 0.807 bits per heavy atom. The predicted molar refractivity (Wildman–Crippen MR) is 337 cm³/mol. The average Bonchev–Trinajstić information content (AvgIpc) is 0.724. The van der Waals surface area contributed by atoms with Crippen LogP contribution in [0.15, 0.2) is 60.8 Å². The minimum atomic E-state index is -5.05. The monoisotopic (exact) mass is 1420 g/mol. The zero-order valence-electron chi connectivity index (χ0n) is 53.4. The van der Waals surface area contributed by atoms with Crippen LogP contribution in [0.1, 0.15) is 133 Å². The zero-order valence-corrected chi connectivity index (χ0v) is 63.4. The quantitative estimate of drug-likeness (QED) is 0.0177. The van der Waals surface area contributed by atoms with Crippen molar-refractivity contribution >= 4 is 118 Å². The molecule has 0 amide bonds. The lowest BCUT2D eigenvalue weighted by Gasteiger charge is -2.58. The molecular weight excluding hydrogens is 1330 g/mol. The van der Waals surface area contributed by atoms with E-state index in [0.717, 1.165) is 0 Å². The molecule has 0 aromatic heterocycles. The summed E-state index contributed by atoms with van der Waals surface area (Å²) in [4.78, 5) is 104. The molecule has 4 saturated heterocycles. The molecule has 0 saturated carbocycles. The zero-order chi connectivity index (χ0) is 65.9. The van der Waals surface area contributed by atoms with E-state index in [2.05, 4.69) is 32.9 Å². The summed E-state index contributed by atoms with van der Waals surface area (Å²) in [6.45, 7) is 34.0. The molecule has 0 aromatic carbocycles. The van der Waals surface area contributed by atoms with Gasteiger partial charge in [0.1, 0.15) is 0 Å². The lowest BCUT2D eigenvalue weighted by atomic mass is 10.4. The van der Waals surface area contributed by atoms with Crippen LogP contribution in [0.4, 0.5) is 0 Å². The van der Waals surface area contributed by atoms with Gasteiger partial charge in [0.05, 0.1) is 33.0 Å². The van der Waals surface area contributed by atoms with E-state index in [1.165, 1.54) is 41.7 Å². The van der Waals surface area contributed by atoms with Crippen molar-refractivity contribution in [3.8, 4) is 0 Å². The highest BCUT2D eigenvalue weighted by Crippen LogP contribution is 2.51. The summed E-state index contributed by atoms with van der Waals surface area (Å²) in [5, 5.41) is 0. The van der Waals surface area contributed by atoms with Crippen LogP contribution in [0, 0.1) is 0 Å². The average molecular weight is 1420 g/mol. The van der Waals surface area contributed by atoms with E-state index < -0.39 is 118 Å². The maximum absolute atomic E-state index is 13.3. The Morgan fingerprint density at radius 2 is 0.534 bits per heavy atom. The van der Waals surface area contributed by atoms with E-state index in [1.807, 2.05) is 20.8 Å². The number of hydrogen-bond acceptors (Lipinski definition) is 27. The van der Waals surface area contributed by atoms with Gasteiger partial charge in [0.2, 0.25) is 0 Å². The Bertz CT molecular complexity index is 2490. The number of esters is 5. The number of rotatable bonds is 36. The molecule has 0 spiro atoms. The summed E-state index contributed by atoms with van der Waals surface area (Å²) in [5.74, 6) is -3.38. The van der Waals surface area contributed by atoms with Crippen molar-refractivity contribution < 1.29 is 120 Å². The lowest BCUT2D eigenvalue weighted by Crippen LogP contribution is -2.83. The minimum absolute atomic E-state index is 0.00164. The molecule has 6 bridgehead atoms. The first-order valence-corrected chi connectivity index (χ1v) is 49.6. The highest BCUT2D eigenvalue weighted by atomic mass is 28.6. The highest BCUT2D eigenvalue weighted by Gasteiger charge is 2.79. The van der Waals surface area contributed by atoms with Crippen LogP contribution in [-0.2, 0) is 106 Å². The molecule has 88 heavy (non-hydrogen) atoms. The van der Waals surface area contributed by atoms with E-state index >= 15 is 0 Å². The Balaban J connectivity index is 2.24. The second-order valence-corrected chi connectivity index (χ2v) is 52.2. The Hall–Kier alpha value is -2.46. The lowest BCUT2D eigenvalue weighted by molar-refractivity contribution is -0.139. The van der Waals surface area contributed by atoms with Crippen LogP contribution >= 0.6 is 0 Å². The van der Waals surface area contributed by atoms with Crippen molar-refractivity contribution in [2.45, 2.75) is 194 Å². The predicted octanol–water partition coefficient (Wildman–Crippen LogP) is 7.87. The molecule has 4 heterocycles. The van der Waals surface area contributed by atoms with Crippen molar-refractivity contribution in [1.82, 2.24) is 0 Å². The smallest absolute Gasteiger partial charge is 0.462 e. The number of carbonyl (C=O) groups is 5. The fraction of sp³-hybridized carbons (Fsp3) is 0.706. The molecule has 0 aliphatic carbocycles. The van der Waals surface area contributed by atoms with Gasteiger partial charge in [-0.05, 0) is 66.7 Å². The van der Waals surface area contributed by atoms with Gasteiger partial charge in [-0.3, -0.25) is 0 Å². The largest absolute Gasteiger partial charge is 0.485 e. The van der Waals surface area contributed by atoms with Crippen molar-refractivity contribution in [3.63, 3.8) is 0 Å². The van der Waals surface area contributed by atoms with Crippen LogP contribution in [0.2, 0.25) is 60.4 Å². The maximum Gasteiger partial charge on any atom is 0.485 e. The molecule has 0 aromatic rings. The van der Waals surface area contributed by atoms with Crippen molar-refractivity contribution in [2.75, 3.05) is 40.1 Å². The summed E-state index contributed by atoms with van der Waals surface area (Å²) >= 11 is 0. The van der Waals surface area contributed by atoms with E-state index in [9.17, 15) is 38.4 Å². The van der Waals surface area contributed by atoms with E-state index in [-0.39, 0.29) is 179 Å². The minimum Gasteiger partial charge on any atom is -0.462 e. The molecule has 4 fully saturated rings. The molecule has 0 radical (unpaired) electrons. The van der Waals surface area contributed by atoms with Gasteiger partial charge in [-0.1, -0.05) is 99.6 Å². The van der Waals surface area contributed by atoms with Crippen LogP contribution < -0.4 is 0 Å². The second-order valence-electron chi connectivity index (χ2n) is 22.3. The van der Waals surface area contributed by atoms with Gasteiger partial charge in [0, 0.05) is 95.4 Å². The fourth-order valence-corrected chi connectivity index (χ4v) is 63.9. The van der Waals surface area contributed by atoms with Gasteiger partial charge in [0.25, 0.3) is 0 Å². The summed E-state index contributed by atoms with van der Waals surface area (Å²) < 4.78 is 131. The molecule has 10 unspecified atom stereocenters. The van der Waals surface area contributed by atoms with E-state index in [1.54, 1.807) is 13.8 Å².